The van der Waals surface area contributed by atoms with Gasteiger partial charge in [0.25, 0.3) is 5.91 Å². The number of nitrogens with zero attached hydrogens (tertiary/aromatic N) is 7. The Labute approximate surface area is 291 Å². The summed E-state index contributed by atoms with van der Waals surface area (Å²) in [7, 11) is 0. The molecule has 5 rings (SSSR count). The first-order valence-electron chi connectivity index (χ1n) is 16.9. The summed E-state index contributed by atoms with van der Waals surface area (Å²) in [6.45, 7) is 8.21. The Balaban J connectivity index is 1.39. The fraction of sp³-hybridized carbons (Fsp3) is 0.417. The maximum Gasteiger partial charge on any atom is 0.257 e. The van der Waals surface area contributed by atoms with Crippen LogP contribution in [0.5, 0.6) is 0 Å². The van der Waals surface area contributed by atoms with Crippen molar-refractivity contribution >= 4 is 23.6 Å². The average Bonchev–Trinajstić information content (AvgIpc) is 3.46. The topological polar surface area (TPSA) is 177 Å². The largest absolute Gasteiger partial charge is 0.354 e. The first-order valence-corrected chi connectivity index (χ1v) is 16.9. The first-order chi connectivity index (χ1) is 24.1. The number of amides is 4. The summed E-state index contributed by atoms with van der Waals surface area (Å²) in [5.74, 6) is 0.0740. The lowest BCUT2D eigenvalue weighted by atomic mass is 10.0. The number of carbonyl (C=O) groups is 4. The van der Waals surface area contributed by atoms with E-state index < -0.39 is 12.1 Å². The fourth-order valence-electron chi connectivity index (χ4n) is 5.84. The monoisotopic (exact) mass is 680 g/mol. The van der Waals surface area contributed by atoms with Gasteiger partial charge in [0, 0.05) is 56.6 Å². The van der Waals surface area contributed by atoms with Crippen LogP contribution in [0.15, 0.2) is 61.1 Å². The molecule has 0 saturated heterocycles. The number of benzene rings is 1. The van der Waals surface area contributed by atoms with Crippen LogP contribution in [0.4, 0.5) is 0 Å². The maximum atomic E-state index is 13.9. The van der Waals surface area contributed by atoms with Gasteiger partial charge in [0.2, 0.25) is 17.7 Å². The zero-order valence-electron chi connectivity index (χ0n) is 28.9. The molecule has 0 spiro atoms. The van der Waals surface area contributed by atoms with Crippen LogP contribution in [0.3, 0.4) is 0 Å². The quantitative estimate of drug-likeness (QED) is 0.286. The van der Waals surface area contributed by atoms with Gasteiger partial charge in [0.05, 0.1) is 17.3 Å². The van der Waals surface area contributed by atoms with Crippen molar-refractivity contribution < 1.29 is 19.2 Å². The molecule has 0 saturated carbocycles. The summed E-state index contributed by atoms with van der Waals surface area (Å²) >= 11 is 0. The van der Waals surface area contributed by atoms with Crippen molar-refractivity contribution in [1.29, 1.82) is 0 Å². The van der Waals surface area contributed by atoms with Crippen molar-refractivity contribution in [2.45, 2.75) is 72.0 Å². The van der Waals surface area contributed by atoms with Crippen molar-refractivity contribution in [3.63, 3.8) is 0 Å². The molecular formula is C36H44N10O4. The molecule has 0 unspecified atom stereocenters. The molecule has 0 aliphatic carbocycles. The van der Waals surface area contributed by atoms with E-state index in [4.69, 9.17) is 0 Å². The van der Waals surface area contributed by atoms with E-state index in [9.17, 15) is 19.2 Å². The van der Waals surface area contributed by atoms with Crippen molar-refractivity contribution in [2.24, 2.45) is 5.92 Å². The standard InChI is InChI=1S/C36H44N10O4/c1-23(2)32-34-41-25(4)44-46(34)22-31(48)38-16-10-18-45(36(50)28-21-39-33(40-24(28)3)27-13-8-15-37-20-27)17-9-14-30(47)42-29(35(49)43-32)19-26-11-6-5-7-12-26/h5-8,11-13,15,20-21,23,29,32H,9-10,14,16-19,22H2,1-4H3,(H,38,48)(H,42,47)(H,43,49)/t29-,32+/m1/s1. The van der Waals surface area contributed by atoms with Crippen LogP contribution in [-0.2, 0) is 27.3 Å². The zero-order chi connectivity index (χ0) is 35.6. The third-order valence-corrected chi connectivity index (χ3v) is 8.45. The van der Waals surface area contributed by atoms with Gasteiger partial charge >= 0.3 is 0 Å². The lowest BCUT2D eigenvalue weighted by Gasteiger charge is -2.26. The van der Waals surface area contributed by atoms with Crippen LogP contribution >= 0.6 is 0 Å². The average molecular weight is 681 g/mol. The van der Waals surface area contributed by atoms with E-state index >= 15 is 0 Å². The smallest absolute Gasteiger partial charge is 0.257 e. The Hall–Kier alpha value is -5.53. The van der Waals surface area contributed by atoms with Gasteiger partial charge in [-0.3, -0.25) is 24.2 Å². The highest BCUT2D eigenvalue weighted by Gasteiger charge is 2.30. The second kappa shape index (κ2) is 16.7. The van der Waals surface area contributed by atoms with E-state index in [1.807, 2.05) is 50.2 Å². The Morgan fingerprint density at radius 2 is 1.72 bits per heavy atom. The second-order valence-electron chi connectivity index (χ2n) is 12.7. The molecule has 14 nitrogen and oxygen atoms in total. The van der Waals surface area contributed by atoms with Gasteiger partial charge < -0.3 is 20.9 Å². The molecule has 0 bridgehead atoms. The maximum absolute atomic E-state index is 13.9. The number of hydrogen-bond donors (Lipinski definition) is 3. The zero-order valence-corrected chi connectivity index (χ0v) is 28.9. The van der Waals surface area contributed by atoms with E-state index in [-0.39, 0.29) is 55.5 Å². The molecule has 1 aliphatic rings. The minimum Gasteiger partial charge on any atom is -0.354 e. The summed E-state index contributed by atoms with van der Waals surface area (Å²) in [6.07, 6.45) is 6.04. The van der Waals surface area contributed by atoms with Crippen molar-refractivity contribution in [1.82, 2.24) is 50.6 Å². The van der Waals surface area contributed by atoms with Gasteiger partial charge in [-0.1, -0.05) is 44.2 Å². The molecule has 2 atom stereocenters. The number of pyridine rings is 1. The molecule has 3 aromatic heterocycles. The van der Waals surface area contributed by atoms with Gasteiger partial charge in [-0.2, -0.15) is 5.10 Å². The summed E-state index contributed by atoms with van der Waals surface area (Å²) in [5.41, 5.74) is 2.49. The molecule has 0 radical (unpaired) electrons. The van der Waals surface area contributed by atoms with Gasteiger partial charge in [-0.15, -0.1) is 0 Å². The number of nitrogens with one attached hydrogen (secondary N) is 3. The van der Waals surface area contributed by atoms with Gasteiger partial charge in [0.15, 0.2) is 11.6 Å². The summed E-state index contributed by atoms with van der Waals surface area (Å²) < 4.78 is 1.51. The van der Waals surface area contributed by atoms with E-state index in [0.717, 1.165) is 11.1 Å². The molecule has 262 valence electrons. The number of carbonyl (C=O) groups excluding carboxylic acids is 4. The first kappa shape index (κ1) is 35.8. The van der Waals surface area contributed by atoms with Crippen LogP contribution in [0.25, 0.3) is 11.4 Å². The predicted molar refractivity (Wildman–Crippen MR) is 185 cm³/mol. The summed E-state index contributed by atoms with van der Waals surface area (Å²) in [6, 6.07) is 11.7. The minimum absolute atomic E-state index is 0.0906. The van der Waals surface area contributed by atoms with Crippen LogP contribution in [0.1, 0.15) is 72.4 Å². The number of aromatic nitrogens is 6. The number of rotatable bonds is 5. The summed E-state index contributed by atoms with van der Waals surface area (Å²) in [5, 5.41) is 13.4. The third-order valence-electron chi connectivity index (χ3n) is 8.45. The van der Waals surface area contributed by atoms with Gasteiger partial charge in [-0.25, -0.2) is 19.6 Å². The lowest BCUT2D eigenvalue weighted by molar-refractivity contribution is -0.129. The highest BCUT2D eigenvalue weighted by Crippen LogP contribution is 2.22. The van der Waals surface area contributed by atoms with E-state index in [2.05, 4.69) is 41.0 Å². The molecule has 4 aromatic rings. The number of aryl methyl sites for hydroxylation is 2. The van der Waals surface area contributed by atoms with Crippen LogP contribution in [0.2, 0.25) is 0 Å². The Morgan fingerprint density at radius 1 is 0.940 bits per heavy atom. The molecule has 4 heterocycles. The molecule has 50 heavy (non-hydrogen) atoms. The van der Waals surface area contributed by atoms with E-state index in [0.29, 0.717) is 54.7 Å². The predicted octanol–water partition coefficient (Wildman–Crippen LogP) is 2.73. The van der Waals surface area contributed by atoms with E-state index in [1.165, 1.54) is 10.9 Å². The normalized spacial score (nSPS) is 18.3. The molecule has 4 amide bonds. The van der Waals surface area contributed by atoms with Crippen LogP contribution in [0, 0.1) is 19.8 Å². The number of hydrogen-bond acceptors (Lipinski definition) is 9. The minimum atomic E-state index is -0.873. The Kier molecular flexibility index (Phi) is 12.0. The molecule has 0 fully saturated rings. The number of fused-ring (bicyclic) bond motifs is 1. The highest BCUT2D eigenvalue weighted by molar-refractivity contribution is 5.95. The molecule has 14 heteroatoms. The van der Waals surface area contributed by atoms with Crippen molar-refractivity contribution in [2.75, 3.05) is 19.6 Å². The Bertz CT molecular complexity index is 1800. The highest BCUT2D eigenvalue weighted by atomic mass is 16.2. The van der Waals surface area contributed by atoms with Crippen LogP contribution in [-0.4, -0.2) is 83.9 Å². The molecular weight excluding hydrogens is 636 g/mol. The van der Waals surface area contributed by atoms with E-state index in [1.54, 1.807) is 37.2 Å². The summed E-state index contributed by atoms with van der Waals surface area (Å²) in [4.78, 5) is 73.5. The third kappa shape index (κ3) is 9.33. The van der Waals surface area contributed by atoms with Gasteiger partial charge in [0.1, 0.15) is 18.4 Å². The molecule has 3 N–H and O–H groups in total. The lowest BCUT2D eigenvalue weighted by Crippen LogP contribution is -2.50. The SMILES string of the molecule is Cc1nc2n(n1)CC(=O)NCCCN(C(=O)c1cnc(-c3cccnc3)nc1C)CCCC(=O)N[C@H](Cc1ccccc1)C(=O)N[C@H]2C(C)C. The second-order valence-corrected chi connectivity index (χ2v) is 12.7. The van der Waals surface area contributed by atoms with Crippen molar-refractivity contribution in [3.05, 3.63) is 89.5 Å². The van der Waals surface area contributed by atoms with Crippen LogP contribution < -0.4 is 16.0 Å². The van der Waals surface area contributed by atoms with Crippen molar-refractivity contribution in [3.8, 4) is 11.4 Å². The molecule has 1 aliphatic heterocycles. The fourth-order valence-corrected chi connectivity index (χ4v) is 5.84. The Morgan fingerprint density at radius 3 is 2.44 bits per heavy atom. The molecule has 1 aromatic carbocycles. The van der Waals surface area contributed by atoms with Gasteiger partial charge in [-0.05, 0) is 50.3 Å².